The maximum Gasteiger partial charge on any atom is 0.200 e. The lowest BCUT2D eigenvalue weighted by atomic mass is 9.70. The minimum atomic E-state index is -0.332. The Balaban J connectivity index is 1.76. The molecule has 1 saturated carbocycles. The van der Waals surface area contributed by atoms with E-state index >= 15 is 0 Å². The van der Waals surface area contributed by atoms with Crippen LogP contribution >= 0.6 is 15.1 Å². The Labute approximate surface area is 171 Å². The highest BCUT2D eigenvalue weighted by atomic mass is 31.1. The largest absolute Gasteiger partial charge is 0.200 e. The van der Waals surface area contributed by atoms with E-state index in [1.54, 1.807) is 21.2 Å². The average Bonchev–Trinajstić information content (AvgIpc) is 3.16. The van der Waals surface area contributed by atoms with Crippen LogP contribution in [0.4, 0.5) is 0 Å². The second-order valence-corrected chi connectivity index (χ2v) is 13.8. The van der Waals surface area contributed by atoms with Crippen molar-refractivity contribution in [2.75, 3.05) is 0 Å². The summed E-state index contributed by atoms with van der Waals surface area (Å²) >= 11 is 0. The maximum absolute atomic E-state index is 2.70. The van der Waals surface area contributed by atoms with E-state index in [0.29, 0.717) is 10.3 Å². The van der Waals surface area contributed by atoms with Crippen LogP contribution in [-0.2, 0) is 0 Å². The lowest BCUT2D eigenvalue weighted by Gasteiger charge is -2.45. The van der Waals surface area contributed by atoms with Crippen LogP contribution in [0.15, 0.2) is 84.0 Å². The third kappa shape index (κ3) is 2.26. The molecule has 2 heterocycles. The van der Waals surface area contributed by atoms with Gasteiger partial charge in [-0.25, -0.2) is 0 Å². The molecule has 2 aromatic carbocycles. The molecule has 0 bridgehead atoms. The molecule has 0 saturated heterocycles. The van der Waals surface area contributed by atoms with Gasteiger partial charge in [0, 0.05) is 26.7 Å². The molecule has 2 heteroatoms. The van der Waals surface area contributed by atoms with Gasteiger partial charge in [-0.15, -0.1) is 0 Å². The van der Waals surface area contributed by atoms with Gasteiger partial charge >= 0.3 is 0 Å². The zero-order valence-electron chi connectivity index (χ0n) is 17.2. The minimum Gasteiger partial charge on any atom is -0.0619 e. The van der Waals surface area contributed by atoms with Gasteiger partial charge in [0.1, 0.15) is 21.2 Å². The third-order valence-corrected chi connectivity index (χ3v) is 14.1. The van der Waals surface area contributed by atoms with Crippen molar-refractivity contribution in [3.63, 3.8) is 0 Å². The molecule has 0 radical (unpaired) electrons. The first-order valence-corrected chi connectivity index (χ1v) is 13.0. The summed E-state index contributed by atoms with van der Waals surface area (Å²) in [6, 6.07) is 22.7. The number of fused-ring (bicyclic) bond motifs is 1. The lowest BCUT2D eigenvalue weighted by molar-refractivity contribution is 0.361. The summed E-state index contributed by atoms with van der Waals surface area (Å²) in [4.78, 5) is 0. The normalized spacial score (nSPS) is 31.4. The molecule has 2 aliphatic heterocycles. The first-order chi connectivity index (χ1) is 13.5. The molecule has 140 valence electrons. The van der Waals surface area contributed by atoms with Gasteiger partial charge in [-0.05, 0) is 61.4 Å². The fraction of sp³-hybridized carbons (Fsp3) is 0.308. The van der Waals surface area contributed by atoms with E-state index in [1.165, 1.54) is 24.0 Å². The number of hydrogen-bond donors (Lipinski definition) is 0. The average molecular weight is 402 g/mol. The Morgan fingerprint density at radius 2 is 0.929 bits per heavy atom. The van der Waals surface area contributed by atoms with E-state index in [-0.39, 0.29) is 15.1 Å². The van der Waals surface area contributed by atoms with Gasteiger partial charge in [-0.3, -0.25) is 0 Å². The Bertz CT molecular complexity index is 996. The maximum atomic E-state index is 2.70. The predicted octanol–water partition coefficient (Wildman–Crippen LogP) is 6.18. The van der Waals surface area contributed by atoms with Crippen LogP contribution in [0.2, 0.25) is 0 Å². The molecule has 2 spiro atoms. The highest BCUT2D eigenvalue weighted by Gasteiger charge is 2.77. The summed E-state index contributed by atoms with van der Waals surface area (Å²) in [5.74, 6) is 0. The van der Waals surface area contributed by atoms with Crippen molar-refractivity contribution >= 4 is 36.3 Å². The van der Waals surface area contributed by atoms with Gasteiger partial charge in [0.25, 0.3) is 0 Å². The highest BCUT2D eigenvalue weighted by Crippen LogP contribution is 2.74. The van der Waals surface area contributed by atoms with E-state index in [9.17, 15) is 0 Å². The van der Waals surface area contributed by atoms with Crippen LogP contribution in [0.1, 0.15) is 40.5 Å². The fourth-order valence-electron chi connectivity index (χ4n) is 5.65. The molecule has 4 atom stereocenters. The molecule has 0 aromatic heterocycles. The van der Waals surface area contributed by atoms with Crippen molar-refractivity contribution < 1.29 is 0 Å². The highest BCUT2D eigenvalue weighted by molar-refractivity contribution is 7.73. The van der Waals surface area contributed by atoms with Crippen molar-refractivity contribution in [3.05, 3.63) is 84.0 Å². The smallest absolute Gasteiger partial charge is 0.0619 e. The first kappa shape index (κ1) is 18.3. The zero-order valence-corrected chi connectivity index (χ0v) is 19.0. The van der Waals surface area contributed by atoms with Gasteiger partial charge in [0.05, 0.1) is 0 Å². The Morgan fingerprint density at radius 1 is 0.571 bits per heavy atom. The number of rotatable bonds is 2. The molecule has 28 heavy (non-hydrogen) atoms. The van der Waals surface area contributed by atoms with E-state index in [4.69, 9.17) is 0 Å². The summed E-state index contributed by atoms with van der Waals surface area (Å²) < 4.78 is 0. The van der Waals surface area contributed by atoms with Gasteiger partial charge in [0.2, 0.25) is 0 Å². The van der Waals surface area contributed by atoms with Crippen molar-refractivity contribution in [3.8, 4) is 0 Å². The van der Waals surface area contributed by atoms with Crippen LogP contribution in [0, 0.1) is 0 Å². The predicted molar refractivity (Wildman–Crippen MR) is 130 cm³/mol. The zero-order chi connectivity index (χ0) is 19.5. The molecule has 1 aliphatic carbocycles. The summed E-state index contributed by atoms with van der Waals surface area (Å²) in [5.41, 5.74) is 3.07. The standard InChI is InChI=1S/C26H28P2/c1-19-17-25(27(21(19)3)23-11-7-5-8-12-23)15-16-26(25)18-20(2)22(4)28(26)24-13-9-6-10-14-24/h5-14,17-18H,15-16H2,1-4H3/q+2. The molecule has 0 nitrogen and oxygen atoms in total. The third-order valence-electron chi connectivity index (χ3n) is 7.19. The monoisotopic (exact) mass is 402 g/mol. The van der Waals surface area contributed by atoms with Crippen LogP contribution in [-0.4, -0.2) is 20.9 Å². The number of benzene rings is 2. The van der Waals surface area contributed by atoms with Gasteiger partial charge in [0.15, 0.2) is 25.4 Å². The summed E-state index contributed by atoms with van der Waals surface area (Å²) in [7, 11) is -0.664. The van der Waals surface area contributed by atoms with Crippen LogP contribution in [0.3, 0.4) is 0 Å². The molecule has 1 fully saturated rings. The van der Waals surface area contributed by atoms with E-state index < -0.39 is 0 Å². The molecule has 0 amide bonds. The fourth-order valence-corrected chi connectivity index (χ4v) is 13.4. The lowest BCUT2D eigenvalue weighted by Crippen LogP contribution is -2.57. The van der Waals surface area contributed by atoms with Crippen LogP contribution < -0.4 is 10.6 Å². The first-order valence-electron chi connectivity index (χ1n) is 10.3. The van der Waals surface area contributed by atoms with E-state index in [2.05, 4.69) is 101 Å². The van der Waals surface area contributed by atoms with Crippen LogP contribution in [0.25, 0.3) is 0 Å². The number of allylic oxidation sites excluding steroid dienone is 4. The quantitative estimate of drug-likeness (QED) is 0.527. The Morgan fingerprint density at radius 3 is 1.25 bits per heavy atom. The van der Waals surface area contributed by atoms with Gasteiger partial charge in [-0.2, -0.15) is 0 Å². The van der Waals surface area contributed by atoms with Gasteiger partial charge in [-0.1, -0.05) is 36.4 Å². The Kier molecular flexibility index (Phi) is 4.17. The molecule has 4 unspecified atom stereocenters. The SMILES string of the molecule is CC1=CC2(CCC23C=C(C)C(C)=[P+]3c2ccccc2)[P+](c2ccccc2)=C1C. The minimum absolute atomic E-state index is 0.290. The van der Waals surface area contributed by atoms with Crippen molar-refractivity contribution in [1.29, 1.82) is 0 Å². The second-order valence-electron chi connectivity index (χ2n) is 8.52. The van der Waals surface area contributed by atoms with Gasteiger partial charge < -0.3 is 0 Å². The summed E-state index contributed by atoms with van der Waals surface area (Å²) in [6.07, 6.45) is 8.05. The van der Waals surface area contributed by atoms with E-state index in [0.717, 1.165) is 0 Å². The van der Waals surface area contributed by atoms with Crippen molar-refractivity contribution in [2.45, 2.75) is 50.8 Å². The summed E-state index contributed by atoms with van der Waals surface area (Å²) in [5, 5.41) is 6.97. The molecule has 5 rings (SSSR count). The van der Waals surface area contributed by atoms with Crippen molar-refractivity contribution in [2.24, 2.45) is 0 Å². The van der Waals surface area contributed by atoms with Crippen molar-refractivity contribution in [1.82, 2.24) is 0 Å². The number of hydrogen-bond acceptors (Lipinski definition) is 0. The topological polar surface area (TPSA) is 0 Å². The molecular weight excluding hydrogens is 374 g/mol. The molecule has 0 N–H and O–H groups in total. The summed E-state index contributed by atoms with van der Waals surface area (Å²) in [6.45, 7) is 9.50. The second kappa shape index (κ2) is 6.38. The molecule has 3 aliphatic rings. The Hall–Kier alpha value is -1.74. The molecular formula is C26H28P2+2. The molecule has 2 aromatic rings. The van der Waals surface area contributed by atoms with E-state index in [1.807, 2.05) is 0 Å². The van der Waals surface area contributed by atoms with Crippen LogP contribution in [0.5, 0.6) is 0 Å².